The first-order valence-corrected chi connectivity index (χ1v) is 10.3. The number of esters is 1. The summed E-state index contributed by atoms with van der Waals surface area (Å²) in [5.41, 5.74) is 2.26. The molecule has 162 valence electrons. The van der Waals surface area contributed by atoms with Gasteiger partial charge in [0.1, 0.15) is 0 Å². The van der Waals surface area contributed by atoms with Gasteiger partial charge in [0.2, 0.25) is 5.75 Å². The maximum absolute atomic E-state index is 11.7. The predicted molar refractivity (Wildman–Crippen MR) is 112 cm³/mol. The van der Waals surface area contributed by atoms with Crippen molar-refractivity contribution in [2.24, 2.45) is 5.92 Å². The van der Waals surface area contributed by atoms with E-state index in [4.69, 9.17) is 23.7 Å². The summed E-state index contributed by atoms with van der Waals surface area (Å²) in [5, 5.41) is 0. The van der Waals surface area contributed by atoms with E-state index in [-0.39, 0.29) is 18.9 Å². The van der Waals surface area contributed by atoms with E-state index in [0.29, 0.717) is 29.8 Å². The van der Waals surface area contributed by atoms with Crippen LogP contribution < -0.4 is 14.2 Å². The molecule has 1 aliphatic carbocycles. The molecule has 0 aliphatic heterocycles. The number of hydrogen-bond donors (Lipinski definition) is 0. The van der Waals surface area contributed by atoms with Crippen molar-refractivity contribution in [1.82, 2.24) is 0 Å². The van der Waals surface area contributed by atoms with Gasteiger partial charge < -0.3 is 23.7 Å². The van der Waals surface area contributed by atoms with Crippen LogP contribution in [-0.2, 0) is 20.7 Å². The minimum atomic E-state index is -0.234. The second kappa shape index (κ2) is 11.7. The first kappa shape index (κ1) is 23.1. The molecule has 0 bridgehead atoms. The van der Waals surface area contributed by atoms with E-state index in [2.05, 4.69) is 0 Å². The molecule has 0 unspecified atom stereocenters. The molecule has 1 aliphatic rings. The number of methoxy groups -OCH3 is 2. The number of ether oxygens (including phenoxy) is 5. The van der Waals surface area contributed by atoms with E-state index >= 15 is 0 Å². The van der Waals surface area contributed by atoms with Gasteiger partial charge in [-0.1, -0.05) is 11.6 Å². The van der Waals surface area contributed by atoms with E-state index in [9.17, 15) is 4.79 Å². The lowest BCUT2D eigenvalue weighted by atomic mass is 9.82. The van der Waals surface area contributed by atoms with E-state index in [1.807, 2.05) is 32.9 Å². The summed E-state index contributed by atoms with van der Waals surface area (Å²) in [6, 6.07) is 3.97. The molecule has 0 spiro atoms. The zero-order chi connectivity index (χ0) is 21.2. The summed E-state index contributed by atoms with van der Waals surface area (Å²) < 4.78 is 27.5. The molecule has 1 aromatic rings. The van der Waals surface area contributed by atoms with Crippen molar-refractivity contribution in [2.75, 3.05) is 27.6 Å². The van der Waals surface area contributed by atoms with Crippen LogP contribution in [0, 0.1) is 5.92 Å². The van der Waals surface area contributed by atoms with Crippen LogP contribution in [-0.4, -0.2) is 39.7 Å². The van der Waals surface area contributed by atoms with Crippen molar-refractivity contribution in [3.8, 4) is 17.2 Å². The minimum Gasteiger partial charge on any atom is -0.493 e. The Morgan fingerprint density at radius 2 is 1.90 bits per heavy atom. The number of carbonyl (C=O) groups excluding carboxylic acids is 1. The molecular formula is C23H34O6. The number of allylic oxidation sites excluding steroid dienone is 1. The predicted octanol–water partition coefficient (Wildman–Crippen LogP) is 4.69. The van der Waals surface area contributed by atoms with Gasteiger partial charge in [-0.15, -0.1) is 0 Å². The Labute approximate surface area is 174 Å². The Kier molecular flexibility index (Phi) is 9.32. The van der Waals surface area contributed by atoms with Gasteiger partial charge in [0.15, 0.2) is 18.3 Å². The van der Waals surface area contributed by atoms with Gasteiger partial charge in [-0.3, -0.25) is 0 Å². The highest BCUT2D eigenvalue weighted by atomic mass is 16.7. The lowest BCUT2D eigenvalue weighted by Gasteiger charge is -2.26. The molecule has 0 heterocycles. The normalized spacial score (nSPS) is 16.5. The second-order valence-corrected chi connectivity index (χ2v) is 7.50. The molecule has 0 radical (unpaired) electrons. The van der Waals surface area contributed by atoms with Crippen LogP contribution in [0.1, 0.15) is 52.0 Å². The quantitative estimate of drug-likeness (QED) is 0.319. The molecule has 1 saturated carbocycles. The number of carbonyl (C=O) groups is 1. The molecule has 0 aromatic heterocycles. The van der Waals surface area contributed by atoms with Gasteiger partial charge in [0.25, 0.3) is 0 Å². The molecule has 0 saturated heterocycles. The summed E-state index contributed by atoms with van der Waals surface area (Å²) in [6.45, 7) is 6.33. The van der Waals surface area contributed by atoms with Crippen LogP contribution in [0.3, 0.4) is 0 Å². The lowest BCUT2D eigenvalue weighted by molar-refractivity contribution is -0.137. The topological polar surface area (TPSA) is 63.2 Å². The first-order chi connectivity index (χ1) is 14.0. The van der Waals surface area contributed by atoms with Crippen LogP contribution in [0.2, 0.25) is 0 Å². The second-order valence-electron chi connectivity index (χ2n) is 7.50. The van der Waals surface area contributed by atoms with Crippen molar-refractivity contribution in [3.63, 3.8) is 0 Å². The third-order valence-corrected chi connectivity index (χ3v) is 4.92. The van der Waals surface area contributed by atoms with E-state index < -0.39 is 0 Å². The average Bonchev–Trinajstić information content (AvgIpc) is 2.69. The zero-order valence-electron chi connectivity index (χ0n) is 18.3. The summed E-state index contributed by atoms with van der Waals surface area (Å²) in [6.07, 6.45) is 6.43. The third kappa shape index (κ3) is 6.96. The molecule has 29 heavy (non-hydrogen) atoms. The molecule has 1 fully saturated rings. The smallest absolute Gasteiger partial charge is 0.330 e. The minimum absolute atomic E-state index is 0.00528. The molecule has 0 N–H and O–H groups in total. The van der Waals surface area contributed by atoms with Crippen molar-refractivity contribution in [3.05, 3.63) is 29.3 Å². The molecular weight excluding hydrogens is 372 g/mol. The SMILES string of the molecule is CCOC(=O)C=C1CCC(Cc2ccc(OC)c(OC(C)C)c2OCOC)CC1. The van der Waals surface area contributed by atoms with Crippen LogP contribution in [0.15, 0.2) is 23.8 Å². The van der Waals surface area contributed by atoms with Crippen LogP contribution in [0.25, 0.3) is 0 Å². The summed E-state index contributed by atoms with van der Waals surface area (Å²) in [5.74, 6) is 2.24. The van der Waals surface area contributed by atoms with Gasteiger partial charge in [-0.05, 0) is 70.4 Å². The molecule has 2 rings (SSSR count). The highest BCUT2D eigenvalue weighted by Gasteiger charge is 2.23. The molecule has 0 amide bonds. The maximum Gasteiger partial charge on any atom is 0.330 e. The number of benzene rings is 1. The van der Waals surface area contributed by atoms with Crippen LogP contribution in [0.5, 0.6) is 17.2 Å². The van der Waals surface area contributed by atoms with Crippen LogP contribution in [0.4, 0.5) is 0 Å². The molecule has 0 atom stereocenters. The Balaban J connectivity index is 2.14. The Bertz CT molecular complexity index is 685. The van der Waals surface area contributed by atoms with Crippen molar-refractivity contribution >= 4 is 5.97 Å². The Hall–Kier alpha value is -2.21. The van der Waals surface area contributed by atoms with E-state index in [1.165, 1.54) is 5.57 Å². The molecule has 6 nitrogen and oxygen atoms in total. The van der Waals surface area contributed by atoms with Gasteiger partial charge in [-0.2, -0.15) is 0 Å². The van der Waals surface area contributed by atoms with E-state index in [1.54, 1.807) is 20.3 Å². The Morgan fingerprint density at radius 1 is 1.17 bits per heavy atom. The summed E-state index contributed by atoms with van der Waals surface area (Å²) in [7, 11) is 3.22. The third-order valence-electron chi connectivity index (χ3n) is 4.92. The average molecular weight is 407 g/mol. The van der Waals surface area contributed by atoms with Crippen molar-refractivity contribution in [2.45, 2.75) is 59.0 Å². The first-order valence-electron chi connectivity index (χ1n) is 10.3. The Morgan fingerprint density at radius 3 is 2.48 bits per heavy atom. The monoisotopic (exact) mass is 406 g/mol. The number of rotatable bonds is 10. The standard InChI is InChI=1S/C23H34O6/c1-6-27-21(24)14-18-9-7-17(8-10-18)13-19-11-12-20(26-5)23(29-16(2)3)22(19)28-15-25-4/h11-12,14,16-17H,6-10,13,15H2,1-5H3. The summed E-state index contributed by atoms with van der Waals surface area (Å²) >= 11 is 0. The fourth-order valence-electron chi connectivity index (χ4n) is 3.59. The molecule has 6 heteroatoms. The van der Waals surface area contributed by atoms with Crippen molar-refractivity contribution < 1.29 is 28.5 Å². The van der Waals surface area contributed by atoms with Gasteiger partial charge in [-0.25, -0.2) is 4.79 Å². The van der Waals surface area contributed by atoms with Gasteiger partial charge in [0, 0.05) is 13.2 Å². The van der Waals surface area contributed by atoms with Crippen molar-refractivity contribution in [1.29, 1.82) is 0 Å². The lowest BCUT2D eigenvalue weighted by Crippen LogP contribution is -2.15. The highest BCUT2D eigenvalue weighted by Crippen LogP contribution is 2.43. The van der Waals surface area contributed by atoms with Gasteiger partial charge >= 0.3 is 5.97 Å². The molecule has 1 aromatic carbocycles. The largest absolute Gasteiger partial charge is 0.493 e. The van der Waals surface area contributed by atoms with E-state index in [0.717, 1.165) is 37.7 Å². The van der Waals surface area contributed by atoms with Crippen LogP contribution >= 0.6 is 0 Å². The fraction of sp³-hybridized carbons (Fsp3) is 0.609. The van der Waals surface area contributed by atoms with Gasteiger partial charge in [0.05, 0.1) is 19.8 Å². The highest BCUT2D eigenvalue weighted by molar-refractivity contribution is 5.82. The number of hydrogen-bond acceptors (Lipinski definition) is 6. The summed E-state index contributed by atoms with van der Waals surface area (Å²) in [4.78, 5) is 11.7. The maximum atomic E-state index is 11.7. The zero-order valence-corrected chi connectivity index (χ0v) is 18.3. The fourth-order valence-corrected chi connectivity index (χ4v) is 3.59.